The molecule has 3 rings (SSSR count). The Balaban J connectivity index is 1.97. The fourth-order valence-corrected chi connectivity index (χ4v) is 2.37. The van der Waals surface area contributed by atoms with Gasteiger partial charge >= 0.3 is 0 Å². The molecular weight excluding hydrogens is 256 g/mol. The van der Waals surface area contributed by atoms with Crippen LogP contribution >= 0.6 is 0 Å². The Morgan fingerprint density at radius 2 is 1.52 bits per heavy atom. The maximum atomic E-state index is 8.89. The second kappa shape index (κ2) is 6.02. The first kappa shape index (κ1) is 13.1. The highest BCUT2D eigenvalue weighted by Gasteiger charge is 2.12. The molecule has 0 unspecified atom stereocenters. The van der Waals surface area contributed by atoms with Gasteiger partial charge in [0.25, 0.3) is 0 Å². The van der Waals surface area contributed by atoms with Crippen LogP contribution in [0.4, 0.5) is 0 Å². The maximum absolute atomic E-state index is 8.89. The standard InChI is InChI=1S/C19H15N2/c20-14-16-9-11-18(12-10-16)19-8-4-5-13-21(19)15-17-6-2-1-3-7-17/h1-13H,15H2/q+1. The van der Waals surface area contributed by atoms with Crippen molar-refractivity contribution >= 4 is 0 Å². The molecule has 0 spiro atoms. The monoisotopic (exact) mass is 271 g/mol. The van der Waals surface area contributed by atoms with Crippen molar-refractivity contribution in [2.24, 2.45) is 0 Å². The third kappa shape index (κ3) is 2.98. The number of nitrogens with zero attached hydrogens (tertiary/aromatic N) is 2. The molecule has 2 nitrogen and oxygen atoms in total. The van der Waals surface area contributed by atoms with Crippen LogP contribution in [0.1, 0.15) is 11.1 Å². The highest BCUT2D eigenvalue weighted by molar-refractivity contribution is 5.57. The van der Waals surface area contributed by atoms with Crippen molar-refractivity contribution in [3.8, 4) is 17.3 Å². The SMILES string of the molecule is N#Cc1ccc(-c2cccc[n+]2Cc2ccccc2)cc1. The average molecular weight is 271 g/mol. The van der Waals surface area contributed by atoms with E-state index < -0.39 is 0 Å². The summed E-state index contributed by atoms with van der Waals surface area (Å²) in [5.41, 5.74) is 4.21. The van der Waals surface area contributed by atoms with Crippen molar-refractivity contribution in [3.63, 3.8) is 0 Å². The van der Waals surface area contributed by atoms with Crippen molar-refractivity contribution in [2.75, 3.05) is 0 Å². The van der Waals surface area contributed by atoms with Crippen LogP contribution in [0.25, 0.3) is 11.3 Å². The number of rotatable bonds is 3. The van der Waals surface area contributed by atoms with Gasteiger partial charge in [0.05, 0.1) is 11.6 Å². The number of nitriles is 1. The zero-order valence-electron chi connectivity index (χ0n) is 11.6. The van der Waals surface area contributed by atoms with E-state index in [0.717, 1.165) is 17.8 Å². The van der Waals surface area contributed by atoms with E-state index in [4.69, 9.17) is 5.26 Å². The molecule has 3 aromatic rings. The molecule has 0 radical (unpaired) electrons. The third-order valence-electron chi connectivity index (χ3n) is 3.45. The Labute approximate surface area is 124 Å². The molecule has 0 bridgehead atoms. The molecule has 0 saturated heterocycles. The van der Waals surface area contributed by atoms with E-state index in [1.165, 1.54) is 5.56 Å². The summed E-state index contributed by atoms with van der Waals surface area (Å²) in [6.07, 6.45) is 2.08. The third-order valence-corrected chi connectivity index (χ3v) is 3.45. The van der Waals surface area contributed by atoms with Crippen LogP contribution in [-0.4, -0.2) is 0 Å². The summed E-state index contributed by atoms with van der Waals surface area (Å²) in [5, 5.41) is 8.89. The van der Waals surface area contributed by atoms with Crippen LogP contribution in [0.5, 0.6) is 0 Å². The van der Waals surface area contributed by atoms with Crippen LogP contribution < -0.4 is 4.57 Å². The smallest absolute Gasteiger partial charge is 0.194 e. The number of aromatic nitrogens is 1. The van der Waals surface area contributed by atoms with Gasteiger partial charge in [-0.3, -0.25) is 0 Å². The van der Waals surface area contributed by atoms with Crippen LogP contribution in [0.2, 0.25) is 0 Å². The molecule has 1 aromatic heterocycles. The molecule has 0 atom stereocenters. The lowest BCUT2D eigenvalue weighted by Crippen LogP contribution is -2.36. The molecule has 0 saturated carbocycles. The van der Waals surface area contributed by atoms with Crippen LogP contribution in [0, 0.1) is 11.3 Å². The summed E-state index contributed by atoms with van der Waals surface area (Å²) in [6, 6.07) is 26.4. The Morgan fingerprint density at radius 1 is 0.810 bits per heavy atom. The van der Waals surface area contributed by atoms with Gasteiger partial charge in [-0.1, -0.05) is 30.3 Å². The number of hydrogen-bond donors (Lipinski definition) is 0. The van der Waals surface area contributed by atoms with E-state index in [1.807, 2.05) is 42.5 Å². The van der Waals surface area contributed by atoms with Crippen molar-refractivity contribution in [2.45, 2.75) is 6.54 Å². The summed E-state index contributed by atoms with van der Waals surface area (Å²) in [5.74, 6) is 0. The van der Waals surface area contributed by atoms with Crippen molar-refractivity contribution < 1.29 is 4.57 Å². The van der Waals surface area contributed by atoms with Crippen LogP contribution in [-0.2, 0) is 6.54 Å². The van der Waals surface area contributed by atoms with E-state index in [9.17, 15) is 0 Å². The molecule has 0 amide bonds. The van der Waals surface area contributed by atoms with Crippen molar-refractivity contribution in [1.29, 1.82) is 5.26 Å². The first-order valence-electron chi connectivity index (χ1n) is 6.90. The second-order valence-corrected chi connectivity index (χ2v) is 4.89. The maximum Gasteiger partial charge on any atom is 0.212 e. The van der Waals surface area contributed by atoms with Crippen molar-refractivity contribution in [3.05, 3.63) is 90.1 Å². The number of hydrogen-bond acceptors (Lipinski definition) is 1. The topological polar surface area (TPSA) is 27.7 Å². The Kier molecular flexibility index (Phi) is 3.75. The molecule has 0 aliphatic rings. The van der Waals surface area contributed by atoms with Gasteiger partial charge in [-0.15, -0.1) is 0 Å². The molecule has 21 heavy (non-hydrogen) atoms. The molecule has 0 fully saturated rings. The lowest BCUT2D eigenvalue weighted by molar-refractivity contribution is -0.677. The summed E-state index contributed by atoms with van der Waals surface area (Å²) in [6.45, 7) is 0.830. The predicted octanol–water partition coefficient (Wildman–Crippen LogP) is 3.56. The molecule has 0 aliphatic carbocycles. The normalized spacial score (nSPS) is 10.0. The van der Waals surface area contributed by atoms with Gasteiger partial charge in [-0.2, -0.15) is 9.83 Å². The summed E-state index contributed by atoms with van der Waals surface area (Å²) >= 11 is 0. The highest BCUT2D eigenvalue weighted by Crippen LogP contribution is 2.16. The van der Waals surface area contributed by atoms with Gasteiger partial charge in [0.1, 0.15) is 0 Å². The summed E-state index contributed by atoms with van der Waals surface area (Å²) in [4.78, 5) is 0. The zero-order chi connectivity index (χ0) is 14.5. The second-order valence-electron chi connectivity index (χ2n) is 4.89. The van der Waals surface area contributed by atoms with E-state index in [2.05, 4.69) is 47.2 Å². The average Bonchev–Trinajstić information content (AvgIpc) is 2.56. The fraction of sp³-hybridized carbons (Fsp3) is 0.0526. The Hall–Kier alpha value is -2.92. The summed E-state index contributed by atoms with van der Waals surface area (Å²) in [7, 11) is 0. The molecule has 2 aromatic carbocycles. The van der Waals surface area contributed by atoms with E-state index in [0.29, 0.717) is 5.56 Å². The van der Waals surface area contributed by atoms with Crippen molar-refractivity contribution in [1.82, 2.24) is 0 Å². The van der Waals surface area contributed by atoms with Gasteiger partial charge < -0.3 is 0 Å². The fourth-order valence-electron chi connectivity index (χ4n) is 2.37. The largest absolute Gasteiger partial charge is 0.212 e. The molecular formula is C19H15N2+. The van der Waals surface area contributed by atoms with E-state index in [1.54, 1.807) is 0 Å². The predicted molar refractivity (Wildman–Crippen MR) is 82.3 cm³/mol. The van der Waals surface area contributed by atoms with Gasteiger partial charge in [0, 0.05) is 23.3 Å². The first-order chi connectivity index (χ1) is 10.4. The Bertz CT molecular complexity index is 769. The number of benzene rings is 2. The molecule has 2 heteroatoms. The van der Waals surface area contributed by atoms with E-state index in [-0.39, 0.29) is 0 Å². The first-order valence-corrected chi connectivity index (χ1v) is 6.90. The Morgan fingerprint density at radius 3 is 2.24 bits per heavy atom. The van der Waals surface area contributed by atoms with Gasteiger partial charge in [-0.05, 0) is 30.3 Å². The molecule has 0 N–H and O–H groups in total. The van der Waals surface area contributed by atoms with Gasteiger partial charge in [0.15, 0.2) is 12.7 Å². The molecule has 1 heterocycles. The quantitative estimate of drug-likeness (QED) is 0.669. The van der Waals surface area contributed by atoms with Gasteiger partial charge in [0.2, 0.25) is 5.69 Å². The highest BCUT2D eigenvalue weighted by atomic mass is 15.0. The molecule has 100 valence electrons. The van der Waals surface area contributed by atoms with Crippen LogP contribution in [0.15, 0.2) is 79.0 Å². The zero-order valence-corrected chi connectivity index (χ0v) is 11.6. The lowest BCUT2D eigenvalue weighted by Gasteiger charge is -2.04. The van der Waals surface area contributed by atoms with Gasteiger partial charge in [-0.25, -0.2) is 0 Å². The minimum absolute atomic E-state index is 0.685. The lowest BCUT2D eigenvalue weighted by atomic mass is 10.1. The van der Waals surface area contributed by atoms with Crippen LogP contribution in [0.3, 0.4) is 0 Å². The van der Waals surface area contributed by atoms with E-state index >= 15 is 0 Å². The minimum Gasteiger partial charge on any atom is -0.194 e. The minimum atomic E-state index is 0.685. The number of pyridine rings is 1. The molecule has 0 aliphatic heterocycles. The summed E-state index contributed by atoms with van der Waals surface area (Å²) < 4.78 is 2.22.